The minimum atomic E-state index is -0.420. The molecule has 0 aromatic carbocycles. The van der Waals surface area contributed by atoms with Crippen molar-refractivity contribution in [2.75, 3.05) is 14.2 Å². The number of epoxide rings is 1. The molecule has 0 amide bonds. The monoisotopic (exact) mass is 196 g/mol. The zero-order valence-corrected chi connectivity index (χ0v) is 8.71. The van der Waals surface area contributed by atoms with Crippen molar-refractivity contribution in [3.8, 4) is 11.8 Å². The van der Waals surface area contributed by atoms with Gasteiger partial charge in [-0.25, -0.2) is 0 Å². The van der Waals surface area contributed by atoms with Crippen LogP contribution in [0.3, 0.4) is 0 Å². The first-order valence-corrected chi connectivity index (χ1v) is 5.07. The first kappa shape index (κ1) is 9.97. The molecule has 1 aliphatic carbocycles. The maximum Gasteiger partial charge on any atom is 0.222 e. The molecule has 2 rings (SSSR count). The summed E-state index contributed by atoms with van der Waals surface area (Å²) < 4.78 is 15.6. The molecule has 0 N–H and O–H groups in total. The van der Waals surface area contributed by atoms with Gasteiger partial charge < -0.3 is 14.2 Å². The smallest absolute Gasteiger partial charge is 0.222 e. The number of hydrogen-bond acceptors (Lipinski definition) is 3. The lowest BCUT2D eigenvalue weighted by atomic mass is 9.90. The molecule has 2 aliphatic rings. The van der Waals surface area contributed by atoms with Gasteiger partial charge in [0.15, 0.2) is 5.60 Å². The highest BCUT2D eigenvalue weighted by Crippen LogP contribution is 2.47. The van der Waals surface area contributed by atoms with E-state index in [0.29, 0.717) is 6.10 Å². The van der Waals surface area contributed by atoms with Crippen LogP contribution in [0.15, 0.2) is 0 Å². The maximum atomic E-state index is 5.62. The van der Waals surface area contributed by atoms with Crippen LogP contribution in [0.25, 0.3) is 0 Å². The zero-order valence-electron chi connectivity index (χ0n) is 8.71. The van der Waals surface area contributed by atoms with Crippen LogP contribution in [0.1, 0.15) is 25.7 Å². The van der Waals surface area contributed by atoms with Gasteiger partial charge in [-0.1, -0.05) is 12.3 Å². The third kappa shape index (κ3) is 1.78. The summed E-state index contributed by atoms with van der Waals surface area (Å²) in [5.41, 5.74) is -0.145. The summed E-state index contributed by atoms with van der Waals surface area (Å²) in [4.78, 5) is 0. The Morgan fingerprint density at radius 1 is 1.36 bits per heavy atom. The van der Waals surface area contributed by atoms with E-state index in [2.05, 4.69) is 11.8 Å². The highest BCUT2D eigenvalue weighted by Gasteiger charge is 2.56. The molecular weight excluding hydrogens is 180 g/mol. The predicted octanol–water partition coefficient (Wildman–Crippen LogP) is 1.32. The summed E-state index contributed by atoms with van der Waals surface area (Å²) >= 11 is 0. The average Bonchev–Trinajstić information content (AvgIpc) is 2.94. The quantitative estimate of drug-likeness (QED) is 0.379. The van der Waals surface area contributed by atoms with E-state index in [4.69, 9.17) is 14.2 Å². The van der Waals surface area contributed by atoms with Crippen molar-refractivity contribution in [2.45, 2.75) is 43.7 Å². The average molecular weight is 196 g/mol. The summed E-state index contributed by atoms with van der Waals surface area (Å²) in [6.45, 7) is 0. The van der Waals surface area contributed by atoms with E-state index in [1.165, 1.54) is 12.8 Å². The van der Waals surface area contributed by atoms with Crippen LogP contribution < -0.4 is 0 Å². The highest BCUT2D eigenvalue weighted by atomic mass is 16.7. The van der Waals surface area contributed by atoms with Gasteiger partial charge in [-0.15, -0.1) is 0 Å². The Balaban J connectivity index is 1.96. The van der Waals surface area contributed by atoms with Crippen molar-refractivity contribution < 1.29 is 14.2 Å². The van der Waals surface area contributed by atoms with Gasteiger partial charge >= 0.3 is 0 Å². The number of ether oxygens (including phenoxy) is 3. The molecule has 0 unspecified atom stereocenters. The van der Waals surface area contributed by atoms with Gasteiger partial charge in [-0.2, -0.15) is 0 Å². The lowest BCUT2D eigenvalue weighted by molar-refractivity contribution is -0.0597. The van der Waals surface area contributed by atoms with Gasteiger partial charge in [-0.05, 0) is 25.2 Å². The minimum Gasteiger partial charge on any atom is -0.352 e. The molecule has 1 heterocycles. The van der Waals surface area contributed by atoms with Crippen molar-refractivity contribution in [2.24, 2.45) is 0 Å². The van der Waals surface area contributed by atoms with Crippen LogP contribution in [0.5, 0.6) is 0 Å². The Morgan fingerprint density at radius 2 is 2.14 bits per heavy atom. The van der Waals surface area contributed by atoms with E-state index in [1.807, 2.05) is 0 Å². The Hall–Kier alpha value is -0.560. The summed E-state index contributed by atoms with van der Waals surface area (Å²) in [6, 6.07) is 0. The van der Waals surface area contributed by atoms with Crippen LogP contribution in [0, 0.1) is 11.8 Å². The fourth-order valence-electron chi connectivity index (χ4n) is 2.02. The molecule has 0 aromatic rings. The van der Waals surface area contributed by atoms with Gasteiger partial charge in [0.2, 0.25) is 6.29 Å². The largest absolute Gasteiger partial charge is 0.352 e. The zero-order chi connectivity index (χ0) is 10.0. The van der Waals surface area contributed by atoms with Crippen molar-refractivity contribution in [3.05, 3.63) is 0 Å². The predicted molar refractivity (Wildman–Crippen MR) is 51.7 cm³/mol. The van der Waals surface area contributed by atoms with Gasteiger partial charge in [0.1, 0.15) is 0 Å². The van der Waals surface area contributed by atoms with Gasteiger partial charge in [0, 0.05) is 14.2 Å². The van der Waals surface area contributed by atoms with Gasteiger partial charge in [0.05, 0.1) is 6.10 Å². The van der Waals surface area contributed by atoms with Crippen LogP contribution in [0.2, 0.25) is 0 Å². The summed E-state index contributed by atoms with van der Waals surface area (Å²) in [7, 11) is 3.18. The maximum absolute atomic E-state index is 5.62. The van der Waals surface area contributed by atoms with E-state index < -0.39 is 6.29 Å². The van der Waals surface area contributed by atoms with Gasteiger partial charge in [-0.3, -0.25) is 0 Å². The summed E-state index contributed by atoms with van der Waals surface area (Å²) in [5.74, 6) is 6.10. The van der Waals surface area contributed by atoms with E-state index in [0.717, 1.165) is 12.8 Å². The van der Waals surface area contributed by atoms with E-state index >= 15 is 0 Å². The molecule has 78 valence electrons. The minimum absolute atomic E-state index is 0.145. The normalized spacial score (nSPS) is 34.6. The highest BCUT2D eigenvalue weighted by molar-refractivity contribution is 5.27. The second kappa shape index (κ2) is 3.90. The number of fused-ring (bicyclic) bond motifs is 1. The number of rotatable bonds is 2. The molecule has 1 aliphatic heterocycles. The third-order valence-corrected chi connectivity index (χ3v) is 2.91. The lowest BCUT2D eigenvalue weighted by Crippen LogP contribution is -2.18. The molecule has 1 saturated carbocycles. The fraction of sp³-hybridized carbons (Fsp3) is 0.818. The molecule has 3 nitrogen and oxygen atoms in total. The topological polar surface area (TPSA) is 31.0 Å². The molecule has 14 heavy (non-hydrogen) atoms. The van der Waals surface area contributed by atoms with Crippen LogP contribution in [-0.2, 0) is 14.2 Å². The molecule has 3 heteroatoms. The number of methoxy groups -OCH3 is 2. The van der Waals surface area contributed by atoms with Gasteiger partial charge in [0.25, 0.3) is 0 Å². The Bertz CT molecular complexity index is 261. The van der Waals surface area contributed by atoms with Crippen molar-refractivity contribution in [1.82, 2.24) is 0 Å². The first-order chi connectivity index (χ1) is 6.80. The Morgan fingerprint density at radius 3 is 2.79 bits per heavy atom. The standard InChI is InChI=1S/C11H16O3/c1-12-10(13-2)6-8-11-7-4-3-5-9(11)14-11/h9-10H,3-5,7H2,1-2H3/t9-,11+/m1/s1. The molecule has 2 fully saturated rings. The molecule has 0 spiro atoms. The summed E-state index contributed by atoms with van der Waals surface area (Å²) in [5, 5.41) is 0. The van der Waals surface area contributed by atoms with Crippen molar-refractivity contribution in [3.63, 3.8) is 0 Å². The third-order valence-electron chi connectivity index (χ3n) is 2.91. The van der Waals surface area contributed by atoms with E-state index in [9.17, 15) is 0 Å². The molecule has 2 atom stereocenters. The Labute approximate surface area is 84.7 Å². The van der Waals surface area contributed by atoms with Crippen molar-refractivity contribution >= 4 is 0 Å². The lowest BCUT2D eigenvalue weighted by Gasteiger charge is -2.11. The second-order valence-electron chi connectivity index (χ2n) is 3.81. The molecular formula is C11H16O3. The first-order valence-electron chi connectivity index (χ1n) is 5.07. The van der Waals surface area contributed by atoms with Crippen LogP contribution in [0.4, 0.5) is 0 Å². The molecule has 1 saturated heterocycles. The second-order valence-corrected chi connectivity index (χ2v) is 3.81. The molecule has 0 aromatic heterocycles. The van der Waals surface area contributed by atoms with Crippen LogP contribution in [-0.4, -0.2) is 32.2 Å². The van der Waals surface area contributed by atoms with E-state index in [1.54, 1.807) is 14.2 Å². The molecule has 0 bridgehead atoms. The SMILES string of the molecule is COC(C#C[C@@]12CCCC[C@H]1O2)OC. The van der Waals surface area contributed by atoms with Crippen molar-refractivity contribution in [1.29, 1.82) is 0 Å². The van der Waals surface area contributed by atoms with Crippen LogP contribution >= 0.6 is 0 Å². The summed E-state index contributed by atoms with van der Waals surface area (Å²) in [6.07, 6.45) is 4.65. The molecule has 0 radical (unpaired) electrons. The Kier molecular flexibility index (Phi) is 2.78. The van der Waals surface area contributed by atoms with E-state index in [-0.39, 0.29) is 5.60 Å². The number of hydrogen-bond donors (Lipinski definition) is 0. The fourth-order valence-corrected chi connectivity index (χ4v) is 2.02.